The maximum absolute atomic E-state index is 12.9. The van der Waals surface area contributed by atoms with Crippen LogP contribution in [0.3, 0.4) is 0 Å². The minimum Gasteiger partial charge on any atom is -0.466 e. The SMILES string of the molecule is CCOC(=O)CC1=CC(=O)N(CC(=O)N(C)c2ccccc2)c2ccccc2N1. The summed E-state index contributed by atoms with van der Waals surface area (Å²) < 4.78 is 4.98. The summed E-state index contributed by atoms with van der Waals surface area (Å²) in [6.07, 6.45) is 1.28. The Hall–Kier alpha value is -3.61. The lowest BCUT2D eigenvalue weighted by Crippen LogP contribution is -2.41. The average Bonchev–Trinajstić information content (AvgIpc) is 2.84. The van der Waals surface area contributed by atoms with Gasteiger partial charge < -0.3 is 15.0 Å². The molecule has 1 heterocycles. The Labute approximate surface area is 169 Å². The van der Waals surface area contributed by atoms with Gasteiger partial charge in [0, 0.05) is 24.5 Å². The molecule has 0 saturated heterocycles. The number of esters is 1. The number of nitrogens with one attached hydrogen (secondary N) is 1. The molecule has 0 aromatic heterocycles. The molecule has 3 rings (SSSR count). The van der Waals surface area contributed by atoms with Crippen LogP contribution in [0.2, 0.25) is 0 Å². The summed E-state index contributed by atoms with van der Waals surface area (Å²) in [6, 6.07) is 16.4. The third kappa shape index (κ3) is 4.82. The van der Waals surface area contributed by atoms with Crippen molar-refractivity contribution in [1.29, 1.82) is 0 Å². The fourth-order valence-corrected chi connectivity index (χ4v) is 3.03. The van der Waals surface area contributed by atoms with Gasteiger partial charge in [-0.3, -0.25) is 19.3 Å². The summed E-state index contributed by atoms with van der Waals surface area (Å²) in [5.41, 5.74) is 2.38. The summed E-state index contributed by atoms with van der Waals surface area (Å²) in [5.74, 6) is -1.04. The van der Waals surface area contributed by atoms with E-state index in [1.807, 2.05) is 36.4 Å². The number of anilines is 3. The first-order valence-corrected chi connectivity index (χ1v) is 9.35. The standard InChI is InChI=1S/C22H23N3O4/c1-3-29-22(28)14-16-13-20(26)25(19-12-8-7-11-18(19)23-16)15-21(27)24(2)17-9-5-4-6-10-17/h4-13,23H,3,14-15H2,1-2H3. The summed E-state index contributed by atoms with van der Waals surface area (Å²) in [4.78, 5) is 40.5. The molecule has 1 aliphatic heterocycles. The zero-order chi connectivity index (χ0) is 20.8. The Morgan fingerprint density at radius 3 is 2.48 bits per heavy atom. The number of hydrogen-bond acceptors (Lipinski definition) is 5. The molecular formula is C22H23N3O4. The van der Waals surface area contributed by atoms with Gasteiger partial charge in [0.1, 0.15) is 6.54 Å². The molecule has 2 aromatic rings. The van der Waals surface area contributed by atoms with Gasteiger partial charge in [0.05, 0.1) is 24.4 Å². The minimum atomic E-state index is -0.426. The Bertz CT molecular complexity index is 940. The molecule has 0 saturated carbocycles. The quantitative estimate of drug-likeness (QED) is 0.764. The molecule has 0 spiro atoms. The first kappa shape index (κ1) is 20.1. The normalized spacial score (nSPS) is 13.0. The van der Waals surface area contributed by atoms with E-state index in [4.69, 9.17) is 4.74 Å². The van der Waals surface area contributed by atoms with E-state index in [9.17, 15) is 14.4 Å². The number of benzene rings is 2. The Balaban J connectivity index is 1.85. The molecule has 0 fully saturated rings. The highest BCUT2D eigenvalue weighted by Crippen LogP contribution is 2.30. The van der Waals surface area contributed by atoms with Crippen LogP contribution in [-0.2, 0) is 19.1 Å². The molecule has 2 amide bonds. The molecule has 0 unspecified atom stereocenters. The first-order valence-electron chi connectivity index (χ1n) is 9.35. The third-order valence-corrected chi connectivity index (χ3v) is 4.50. The average molecular weight is 393 g/mol. The van der Waals surface area contributed by atoms with Gasteiger partial charge in [-0.05, 0) is 31.2 Å². The molecule has 0 radical (unpaired) electrons. The minimum absolute atomic E-state index is 0.0559. The van der Waals surface area contributed by atoms with Crippen LogP contribution in [0, 0.1) is 0 Å². The zero-order valence-corrected chi connectivity index (χ0v) is 16.4. The highest BCUT2D eigenvalue weighted by molar-refractivity contribution is 6.10. The molecule has 0 bridgehead atoms. The van der Waals surface area contributed by atoms with Crippen molar-refractivity contribution in [1.82, 2.24) is 0 Å². The van der Waals surface area contributed by atoms with Crippen LogP contribution < -0.4 is 15.1 Å². The van der Waals surface area contributed by atoms with Crippen molar-refractivity contribution in [2.45, 2.75) is 13.3 Å². The number of hydrogen-bond donors (Lipinski definition) is 1. The van der Waals surface area contributed by atoms with Crippen LogP contribution in [0.1, 0.15) is 13.3 Å². The lowest BCUT2D eigenvalue weighted by Gasteiger charge is -2.25. The van der Waals surface area contributed by atoms with Crippen LogP contribution in [0.15, 0.2) is 66.4 Å². The molecule has 0 atom stereocenters. The number of nitrogens with zero attached hydrogens (tertiary/aromatic N) is 2. The van der Waals surface area contributed by atoms with Crippen molar-refractivity contribution in [3.05, 3.63) is 66.4 Å². The number of amides is 2. The number of carbonyl (C=O) groups excluding carboxylic acids is 3. The molecule has 7 heteroatoms. The first-order chi connectivity index (χ1) is 14.0. The van der Waals surface area contributed by atoms with E-state index in [0.717, 1.165) is 5.69 Å². The third-order valence-electron chi connectivity index (χ3n) is 4.50. The number of rotatable bonds is 6. The zero-order valence-electron chi connectivity index (χ0n) is 16.4. The Morgan fingerprint density at radius 1 is 1.07 bits per heavy atom. The number of likely N-dealkylation sites (N-methyl/N-ethyl adjacent to an activating group) is 1. The van der Waals surface area contributed by atoms with E-state index in [2.05, 4.69) is 5.32 Å². The van der Waals surface area contributed by atoms with Gasteiger partial charge in [0.25, 0.3) is 5.91 Å². The van der Waals surface area contributed by atoms with Crippen LogP contribution in [-0.4, -0.2) is 38.0 Å². The highest BCUT2D eigenvalue weighted by atomic mass is 16.5. The van der Waals surface area contributed by atoms with Gasteiger partial charge in [-0.1, -0.05) is 30.3 Å². The van der Waals surface area contributed by atoms with Crippen molar-refractivity contribution >= 4 is 34.8 Å². The van der Waals surface area contributed by atoms with Crippen molar-refractivity contribution in [2.24, 2.45) is 0 Å². The van der Waals surface area contributed by atoms with Crippen LogP contribution >= 0.6 is 0 Å². The number of para-hydroxylation sites is 3. The summed E-state index contributed by atoms with van der Waals surface area (Å²) >= 11 is 0. The number of ether oxygens (including phenoxy) is 1. The predicted octanol–water partition coefficient (Wildman–Crippen LogP) is 2.95. The Morgan fingerprint density at radius 2 is 1.76 bits per heavy atom. The van der Waals surface area contributed by atoms with Gasteiger partial charge in [-0.25, -0.2) is 0 Å². The molecule has 29 heavy (non-hydrogen) atoms. The molecule has 1 N–H and O–H groups in total. The molecule has 1 aliphatic rings. The van der Waals surface area contributed by atoms with Crippen molar-refractivity contribution < 1.29 is 19.1 Å². The number of fused-ring (bicyclic) bond motifs is 1. The maximum Gasteiger partial charge on any atom is 0.311 e. The lowest BCUT2D eigenvalue weighted by atomic mass is 10.2. The summed E-state index contributed by atoms with van der Waals surface area (Å²) in [6.45, 7) is 1.86. The van der Waals surface area contributed by atoms with Crippen molar-refractivity contribution in [3.8, 4) is 0 Å². The predicted molar refractivity (Wildman–Crippen MR) is 112 cm³/mol. The van der Waals surface area contributed by atoms with Crippen LogP contribution in [0.4, 0.5) is 17.1 Å². The van der Waals surface area contributed by atoms with E-state index in [0.29, 0.717) is 17.1 Å². The Kier molecular flexibility index (Phi) is 6.29. The largest absolute Gasteiger partial charge is 0.466 e. The fraction of sp³-hybridized carbons (Fsp3) is 0.227. The van der Waals surface area contributed by atoms with E-state index in [1.54, 1.807) is 32.2 Å². The van der Waals surface area contributed by atoms with E-state index >= 15 is 0 Å². The second-order valence-electron chi connectivity index (χ2n) is 6.51. The summed E-state index contributed by atoms with van der Waals surface area (Å²) in [7, 11) is 1.67. The molecule has 7 nitrogen and oxygen atoms in total. The monoisotopic (exact) mass is 393 g/mol. The van der Waals surface area contributed by atoms with Gasteiger partial charge in [0.2, 0.25) is 5.91 Å². The van der Waals surface area contributed by atoms with E-state index < -0.39 is 5.97 Å². The molecule has 150 valence electrons. The lowest BCUT2D eigenvalue weighted by molar-refractivity contribution is -0.142. The summed E-state index contributed by atoms with van der Waals surface area (Å²) in [5, 5.41) is 3.12. The van der Waals surface area contributed by atoms with Gasteiger partial charge in [0.15, 0.2) is 0 Å². The van der Waals surface area contributed by atoms with Crippen LogP contribution in [0.25, 0.3) is 0 Å². The molecule has 2 aromatic carbocycles. The maximum atomic E-state index is 12.9. The van der Waals surface area contributed by atoms with Gasteiger partial charge in [-0.2, -0.15) is 0 Å². The van der Waals surface area contributed by atoms with Crippen molar-refractivity contribution in [2.75, 3.05) is 35.3 Å². The second-order valence-corrected chi connectivity index (χ2v) is 6.51. The van der Waals surface area contributed by atoms with Gasteiger partial charge in [-0.15, -0.1) is 0 Å². The smallest absolute Gasteiger partial charge is 0.311 e. The van der Waals surface area contributed by atoms with E-state index in [-0.39, 0.29) is 31.4 Å². The number of carbonyl (C=O) groups is 3. The second kappa shape index (κ2) is 9.05. The molecule has 0 aliphatic carbocycles. The fourth-order valence-electron chi connectivity index (χ4n) is 3.03. The van der Waals surface area contributed by atoms with Crippen molar-refractivity contribution in [3.63, 3.8) is 0 Å². The van der Waals surface area contributed by atoms with Gasteiger partial charge >= 0.3 is 5.97 Å². The van der Waals surface area contributed by atoms with E-state index in [1.165, 1.54) is 15.9 Å². The highest BCUT2D eigenvalue weighted by Gasteiger charge is 2.26. The van der Waals surface area contributed by atoms with Crippen LogP contribution in [0.5, 0.6) is 0 Å². The topological polar surface area (TPSA) is 79.0 Å². The molecular weight excluding hydrogens is 370 g/mol.